The van der Waals surface area contributed by atoms with Gasteiger partial charge in [-0.25, -0.2) is 4.79 Å². The van der Waals surface area contributed by atoms with Crippen LogP contribution in [0.25, 0.3) is 0 Å². The minimum Gasteiger partial charge on any atom is -0.478 e. The molecule has 128 valence electrons. The maximum Gasteiger partial charge on any atom is 0.335 e. The summed E-state index contributed by atoms with van der Waals surface area (Å²) in [5.41, 5.74) is 1.51. The second kappa shape index (κ2) is 7.17. The van der Waals surface area contributed by atoms with Gasteiger partial charge in [-0.15, -0.1) is 0 Å². The molecule has 1 unspecified atom stereocenters. The van der Waals surface area contributed by atoms with Crippen molar-refractivity contribution in [1.82, 2.24) is 10.2 Å². The molecule has 0 bridgehead atoms. The molecule has 2 amide bonds. The average Bonchev–Trinajstić information content (AvgIpc) is 2.62. The zero-order valence-corrected chi connectivity index (χ0v) is 13.5. The highest BCUT2D eigenvalue weighted by Crippen LogP contribution is 2.24. The van der Waals surface area contributed by atoms with Gasteiger partial charge in [0.15, 0.2) is 0 Å². The van der Waals surface area contributed by atoms with Gasteiger partial charge >= 0.3 is 5.97 Å². The predicted octanol–water partition coefficient (Wildman–Crippen LogP) is 1.63. The zero-order chi connectivity index (χ0) is 17.8. The summed E-state index contributed by atoms with van der Waals surface area (Å²) in [6.45, 7) is 0.825. The molecule has 1 atom stereocenters. The molecule has 0 aliphatic carbocycles. The van der Waals surface area contributed by atoms with E-state index in [-0.39, 0.29) is 23.8 Å². The summed E-state index contributed by atoms with van der Waals surface area (Å²) in [7, 11) is 0. The van der Waals surface area contributed by atoms with Crippen LogP contribution in [-0.4, -0.2) is 40.9 Å². The first-order valence-electron chi connectivity index (χ1n) is 8.00. The first-order valence-corrected chi connectivity index (χ1v) is 8.00. The Balaban J connectivity index is 1.83. The summed E-state index contributed by atoms with van der Waals surface area (Å²) < 4.78 is 0. The highest BCUT2D eigenvalue weighted by Gasteiger charge is 2.34. The molecule has 2 aromatic carbocycles. The fourth-order valence-electron chi connectivity index (χ4n) is 2.99. The molecule has 25 heavy (non-hydrogen) atoms. The van der Waals surface area contributed by atoms with E-state index < -0.39 is 12.0 Å². The van der Waals surface area contributed by atoms with Crippen molar-refractivity contribution in [2.45, 2.75) is 12.5 Å². The molecule has 2 aromatic rings. The third-order valence-corrected chi connectivity index (χ3v) is 4.18. The number of carbonyl (C=O) groups excluding carboxylic acids is 2. The van der Waals surface area contributed by atoms with Crippen LogP contribution in [0.4, 0.5) is 0 Å². The second-order valence-electron chi connectivity index (χ2n) is 5.87. The first-order chi connectivity index (χ1) is 12.1. The van der Waals surface area contributed by atoms with Gasteiger partial charge < -0.3 is 15.3 Å². The maximum absolute atomic E-state index is 12.8. The normalized spacial score (nSPS) is 17.0. The lowest BCUT2D eigenvalue weighted by atomic mass is 10.0. The lowest BCUT2D eigenvalue weighted by molar-refractivity contribution is -0.143. The molecule has 2 N–H and O–H groups in total. The van der Waals surface area contributed by atoms with Gasteiger partial charge in [0, 0.05) is 13.1 Å². The molecule has 1 fully saturated rings. The maximum atomic E-state index is 12.8. The van der Waals surface area contributed by atoms with Crippen molar-refractivity contribution in [1.29, 1.82) is 0 Å². The van der Waals surface area contributed by atoms with Crippen molar-refractivity contribution in [3.8, 4) is 0 Å². The number of carboxylic acids is 1. The van der Waals surface area contributed by atoms with Crippen molar-refractivity contribution in [2.24, 2.45) is 0 Å². The number of carboxylic acid groups (broad SMARTS) is 1. The highest BCUT2D eigenvalue weighted by atomic mass is 16.4. The lowest BCUT2D eigenvalue weighted by Gasteiger charge is -2.35. The van der Waals surface area contributed by atoms with Crippen molar-refractivity contribution < 1.29 is 19.5 Å². The van der Waals surface area contributed by atoms with Crippen molar-refractivity contribution >= 4 is 17.8 Å². The second-order valence-corrected chi connectivity index (χ2v) is 5.87. The highest BCUT2D eigenvalue weighted by molar-refractivity contribution is 5.91. The Morgan fingerprint density at radius 1 is 1.12 bits per heavy atom. The van der Waals surface area contributed by atoms with Crippen LogP contribution in [0.3, 0.4) is 0 Å². The predicted molar refractivity (Wildman–Crippen MR) is 91.0 cm³/mol. The van der Waals surface area contributed by atoms with E-state index in [2.05, 4.69) is 5.32 Å². The molecule has 6 heteroatoms. The van der Waals surface area contributed by atoms with Gasteiger partial charge in [-0.3, -0.25) is 9.59 Å². The molecule has 1 heterocycles. The molecular formula is C19H18N2O4. The number of piperazine rings is 1. The molecule has 0 saturated carbocycles. The Bertz CT molecular complexity index is 804. The van der Waals surface area contributed by atoms with Crippen molar-refractivity contribution in [3.05, 3.63) is 71.3 Å². The molecule has 1 aliphatic rings. The Labute approximate surface area is 145 Å². The van der Waals surface area contributed by atoms with Gasteiger partial charge in [-0.1, -0.05) is 42.5 Å². The lowest BCUT2D eigenvalue weighted by Crippen LogP contribution is -2.52. The van der Waals surface area contributed by atoms with Gasteiger partial charge in [0.1, 0.15) is 6.04 Å². The number of aromatic carboxylic acids is 1. The van der Waals surface area contributed by atoms with Gasteiger partial charge in [-0.2, -0.15) is 0 Å². The van der Waals surface area contributed by atoms with E-state index in [0.29, 0.717) is 18.7 Å². The van der Waals surface area contributed by atoms with E-state index in [1.165, 1.54) is 12.1 Å². The van der Waals surface area contributed by atoms with E-state index in [1.807, 2.05) is 30.3 Å². The van der Waals surface area contributed by atoms with E-state index in [9.17, 15) is 14.4 Å². The van der Waals surface area contributed by atoms with Crippen molar-refractivity contribution in [3.63, 3.8) is 0 Å². The van der Waals surface area contributed by atoms with Gasteiger partial charge in [0.25, 0.3) is 0 Å². The standard InChI is InChI=1S/C19H18N2O4/c22-16(12-13-5-4-8-15(11-13)19(24)25)21-10-9-20-18(23)17(21)14-6-2-1-3-7-14/h1-8,11,17H,9-10,12H2,(H,20,23)(H,24,25). The van der Waals surface area contributed by atoms with E-state index >= 15 is 0 Å². The van der Waals surface area contributed by atoms with E-state index in [0.717, 1.165) is 5.56 Å². The SMILES string of the molecule is O=C(O)c1cccc(CC(=O)N2CCNC(=O)C2c2ccccc2)c1. The number of benzene rings is 2. The van der Waals surface area contributed by atoms with Gasteiger partial charge in [0.2, 0.25) is 11.8 Å². The third kappa shape index (κ3) is 3.68. The van der Waals surface area contributed by atoms with Gasteiger partial charge in [0.05, 0.1) is 12.0 Å². The Hall–Kier alpha value is -3.15. The van der Waals surface area contributed by atoms with Crippen LogP contribution < -0.4 is 5.32 Å². The quantitative estimate of drug-likeness (QED) is 0.887. The molecule has 1 saturated heterocycles. The molecule has 1 aliphatic heterocycles. The topological polar surface area (TPSA) is 86.7 Å². The molecule has 0 aromatic heterocycles. The van der Waals surface area contributed by atoms with Crippen LogP contribution >= 0.6 is 0 Å². The number of nitrogens with one attached hydrogen (secondary N) is 1. The molecule has 3 rings (SSSR count). The van der Waals surface area contributed by atoms with Crippen LogP contribution in [0.15, 0.2) is 54.6 Å². The summed E-state index contributed by atoms with van der Waals surface area (Å²) in [6.07, 6.45) is 0.0533. The largest absolute Gasteiger partial charge is 0.478 e. The van der Waals surface area contributed by atoms with Crippen LogP contribution in [0, 0.1) is 0 Å². The van der Waals surface area contributed by atoms with Crippen LogP contribution in [-0.2, 0) is 16.0 Å². The molecule has 6 nitrogen and oxygen atoms in total. The van der Waals surface area contributed by atoms with Gasteiger partial charge in [-0.05, 0) is 23.3 Å². The fourth-order valence-corrected chi connectivity index (χ4v) is 2.99. The van der Waals surface area contributed by atoms with E-state index in [4.69, 9.17) is 5.11 Å². The van der Waals surface area contributed by atoms with Crippen LogP contribution in [0.2, 0.25) is 0 Å². The fraction of sp³-hybridized carbons (Fsp3) is 0.211. The third-order valence-electron chi connectivity index (χ3n) is 4.18. The summed E-state index contributed by atoms with van der Waals surface area (Å²) in [6, 6.07) is 14.8. The summed E-state index contributed by atoms with van der Waals surface area (Å²) in [5.74, 6) is -1.44. The number of hydrogen-bond donors (Lipinski definition) is 2. The summed E-state index contributed by atoms with van der Waals surface area (Å²) in [5, 5.41) is 11.9. The number of hydrogen-bond acceptors (Lipinski definition) is 3. The first kappa shape index (κ1) is 16.7. The number of carbonyl (C=O) groups is 3. The Kier molecular flexibility index (Phi) is 4.79. The Morgan fingerprint density at radius 3 is 2.60 bits per heavy atom. The number of rotatable bonds is 4. The smallest absolute Gasteiger partial charge is 0.335 e. The van der Waals surface area contributed by atoms with E-state index in [1.54, 1.807) is 17.0 Å². The minimum absolute atomic E-state index is 0.0533. The summed E-state index contributed by atoms with van der Waals surface area (Å²) in [4.78, 5) is 37.7. The number of nitrogens with zero attached hydrogens (tertiary/aromatic N) is 1. The molecule has 0 radical (unpaired) electrons. The Morgan fingerprint density at radius 2 is 1.88 bits per heavy atom. The van der Waals surface area contributed by atoms with Crippen LogP contribution in [0.1, 0.15) is 27.5 Å². The monoisotopic (exact) mass is 338 g/mol. The summed E-state index contributed by atoms with van der Waals surface area (Å²) >= 11 is 0. The minimum atomic E-state index is -1.03. The molecule has 0 spiro atoms. The zero-order valence-electron chi connectivity index (χ0n) is 13.5. The average molecular weight is 338 g/mol. The van der Waals surface area contributed by atoms with Crippen molar-refractivity contribution in [2.75, 3.05) is 13.1 Å². The molecular weight excluding hydrogens is 320 g/mol. The number of amides is 2. The van der Waals surface area contributed by atoms with Crippen LogP contribution in [0.5, 0.6) is 0 Å².